The molecule has 5 nitrogen and oxygen atoms in total. The zero-order valence-corrected chi connectivity index (χ0v) is 20.6. The van der Waals surface area contributed by atoms with E-state index >= 15 is 0 Å². The fraction of sp³-hybridized carbons (Fsp3) is 0.400. The number of rotatable bonds is 6. The predicted molar refractivity (Wildman–Crippen MR) is 129 cm³/mol. The Morgan fingerprint density at radius 3 is 2.80 bits per heavy atom. The molecule has 1 saturated heterocycles. The Labute approximate surface area is 193 Å². The van der Waals surface area contributed by atoms with Gasteiger partial charge in [0.05, 0.1) is 24.4 Å². The molecule has 1 N–H and O–H groups in total. The van der Waals surface area contributed by atoms with Gasteiger partial charge in [-0.2, -0.15) is 0 Å². The van der Waals surface area contributed by atoms with Crippen LogP contribution in [0.25, 0.3) is 11.2 Å². The second-order valence-electron chi connectivity index (χ2n) is 7.17. The van der Waals surface area contributed by atoms with Crippen molar-refractivity contribution in [3.63, 3.8) is 0 Å². The fourth-order valence-electron chi connectivity index (χ4n) is 3.73. The molecule has 1 aliphatic heterocycles. The van der Waals surface area contributed by atoms with Crippen molar-refractivity contribution in [2.75, 3.05) is 24.8 Å². The summed E-state index contributed by atoms with van der Waals surface area (Å²) >= 11 is 3.74. The molecule has 1 aromatic carbocycles. The number of aromatic nitrogens is 3. The Bertz CT molecular complexity index is 1060. The van der Waals surface area contributed by atoms with Crippen LogP contribution in [-0.4, -0.2) is 33.8 Å². The van der Waals surface area contributed by atoms with Crippen molar-refractivity contribution < 1.29 is 13.5 Å². The van der Waals surface area contributed by atoms with Crippen LogP contribution in [0.5, 0.6) is 0 Å². The minimum atomic E-state index is -2.65. The number of benzene rings is 1. The van der Waals surface area contributed by atoms with Crippen LogP contribution in [0.15, 0.2) is 29.2 Å². The molecule has 3 heterocycles. The normalized spacial score (nSPS) is 17.5. The van der Waals surface area contributed by atoms with Gasteiger partial charge < -0.3 is 10.1 Å². The number of pyridine rings is 1. The van der Waals surface area contributed by atoms with E-state index in [1.165, 1.54) is 9.90 Å². The highest BCUT2D eigenvalue weighted by atomic mass is 127. The first-order valence-electron chi connectivity index (χ1n) is 9.59. The van der Waals surface area contributed by atoms with Gasteiger partial charge in [-0.05, 0) is 71.8 Å². The lowest BCUT2D eigenvalue weighted by molar-refractivity contribution is 0.0804. The van der Waals surface area contributed by atoms with E-state index in [1.807, 2.05) is 19.2 Å². The average molecular weight is 562 g/mol. The molecule has 1 fully saturated rings. The van der Waals surface area contributed by atoms with Crippen LogP contribution in [0.1, 0.15) is 42.3 Å². The van der Waals surface area contributed by atoms with Crippen molar-refractivity contribution in [1.82, 2.24) is 14.3 Å². The average Bonchev–Trinajstić information content (AvgIpc) is 3.13. The number of hydrogen-bond acceptors (Lipinski definition) is 5. The second-order valence-corrected chi connectivity index (χ2v) is 10.1. The lowest BCUT2D eigenvalue weighted by Crippen LogP contribution is -2.15. The number of alkyl halides is 2. The van der Waals surface area contributed by atoms with Crippen molar-refractivity contribution in [2.24, 2.45) is 0 Å². The van der Waals surface area contributed by atoms with Crippen LogP contribution >= 0.6 is 40.2 Å². The number of hydrogen-bond donors (Lipinski definition) is 1. The standard InChI is InChI=1S/C20H22F2IN4OPS/c1-11-8-15(17-19(24-11)27(29-23)20(26-17)18(21)22)25-14-6-5-12(9-16(14)30-2)13-4-3-7-28-10-13/h5-6,8-9,13,18,29H,3-4,7,10H2,1-2H3,(H,24,25). The monoisotopic (exact) mass is 562 g/mol. The zero-order valence-electron chi connectivity index (χ0n) is 16.6. The van der Waals surface area contributed by atoms with Gasteiger partial charge in [0.1, 0.15) is 5.52 Å². The van der Waals surface area contributed by atoms with Gasteiger partial charge in [0.2, 0.25) is 0 Å². The molecule has 0 aliphatic carbocycles. The molecule has 3 aromatic rings. The number of nitrogens with zero attached hydrogens (tertiary/aromatic N) is 3. The highest BCUT2D eigenvalue weighted by molar-refractivity contribution is 14.2. The molecule has 0 radical (unpaired) electrons. The highest BCUT2D eigenvalue weighted by Crippen LogP contribution is 2.39. The number of ether oxygens (including phenoxy) is 1. The maximum atomic E-state index is 13.5. The lowest BCUT2D eigenvalue weighted by atomic mass is 9.93. The summed E-state index contributed by atoms with van der Waals surface area (Å²) in [7, 11) is 0. The first-order valence-corrected chi connectivity index (χ1v) is 14.9. The maximum absolute atomic E-state index is 13.5. The molecule has 0 amide bonds. The number of thioether (sulfide) groups is 1. The number of aryl methyl sites for hydroxylation is 1. The van der Waals surface area contributed by atoms with Crippen LogP contribution in [0.2, 0.25) is 0 Å². The molecule has 2 unspecified atom stereocenters. The lowest BCUT2D eigenvalue weighted by Gasteiger charge is -2.23. The highest BCUT2D eigenvalue weighted by Gasteiger charge is 2.22. The first-order chi connectivity index (χ1) is 14.5. The molecular formula is C20H22F2IN4OPS. The molecule has 0 saturated carbocycles. The van der Waals surface area contributed by atoms with Crippen molar-refractivity contribution >= 4 is 62.7 Å². The van der Waals surface area contributed by atoms with E-state index in [4.69, 9.17) is 4.74 Å². The van der Waals surface area contributed by atoms with Gasteiger partial charge >= 0.3 is 0 Å². The van der Waals surface area contributed by atoms with Gasteiger partial charge in [0.15, 0.2) is 11.5 Å². The van der Waals surface area contributed by atoms with E-state index in [0.29, 0.717) is 22.8 Å². The minimum absolute atomic E-state index is 0.0966. The summed E-state index contributed by atoms with van der Waals surface area (Å²) in [4.78, 5) is 9.82. The molecule has 0 bridgehead atoms. The molecular weight excluding hydrogens is 540 g/mol. The Hall–Kier alpha value is -1.03. The summed E-state index contributed by atoms with van der Waals surface area (Å²) < 4.78 is 34.2. The van der Waals surface area contributed by atoms with Crippen LogP contribution in [-0.2, 0) is 4.74 Å². The number of nitrogens with one attached hydrogen (secondary N) is 1. The minimum Gasteiger partial charge on any atom is -0.381 e. The predicted octanol–water partition coefficient (Wildman–Crippen LogP) is 6.83. The maximum Gasteiger partial charge on any atom is 0.295 e. The number of fused-ring (bicyclic) bond motifs is 1. The van der Waals surface area contributed by atoms with E-state index in [1.54, 1.807) is 11.8 Å². The van der Waals surface area contributed by atoms with Crippen molar-refractivity contribution in [2.45, 2.75) is 37.0 Å². The number of anilines is 2. The second kappa shape index (κ2) is 9.63. The third kappa shape index (κ3) is 4.45. The third-order valence-electron chi connectivity index (χ3n) is 5.18. The van der Waals surface area contributed by atoms with Gasteiger partial charge in [-0.1, -0.05) is 6.07 Å². The van der Waals surface area contributed by atoms with Crippen LogP contribution in [0, 0.1) is 6.92 Å². The topological polar surface area (TPSA) is 52.0 Å². The summed E-state index contributed by atoms with van der Waals surface area (Å²) in [6, 6.07) is 8.25. The first kappa shape index (κ1) is 22.2. The third-order valence-corrected chi connectivity index (χ3v) is 8.01. The smallest absolute Gasteiger partial charge is 0.295 e. The van der Waals surface area contributed by atoms with E-state index in [2.05, 4.69) is 55.5 Å². The Balaban J connectivity index is 1.73. The molecule has 1 aliphatic rings. The van der Waals surface area contributed by atoms with Crippen molar-refractivity contribution in [3.05, 3.63) is 41.3 Å². The summed E-state index contributed by atoms with van der Waals surface area (Å²) in [5, 5.41) is 3.43. The largest absolute Gasteiger partial charge is 0.381 e. The van der Waals surface area contributed by atoms with Gasteiger partial charge in [-0.15, -0.1) is 11.8 Å². The van der Waals surface area contributed by atoms with Gasteiger partial charge in [0.25, 0.3) is 6.43 Å². The van der Waals surface area contributed by atoms with Gasteiger partial charge in [-0.25, -0.2) is 18.7 Å². The molecule has 2 aromatic heterocycles. The summed E-state index contributed by atoms with van der Waals surface area (Å²) in [5.74, 6) is 0.180. The summed E-state index contributed by atoms with van der Waals surface area (Å²) in [6.45, 7) is 3.46. The molecule has 30 heavy (non-hydrogen) atoms. The van der Waals surface area contributed by atoms with Crippen molar-refractivity contribution in [1.29, 1.82) is 0 Å². The van der Waals surface area contributed by atoms with Gasteiger partial charge in [-0.3, -0.25) is 4.34 Å². The van der Waals surface area contributed by atoms with E-state index in [9.17, 15) is 8.78 Å². The van der Waals surface area contributed by atoms with Crippen LogP contribution in [0.4, 0.5) is 20.2 Å². The zero-order chi connectivity index (χ0) is 21.3. The quantitative estimate of drug-likeness (QED) is 0.203. The van der Waals surface area contributed by atoms with Gasteiger partial charge in [0, 0.05) is 23.1 Å². The molecule has 2 atom stereocenters. The Morgan fingerprint density at radius 1 is 1.30 bits per heavy atom. The SMILES string of the molecule is CSc1cc(C2CCCOC2)ccc1Nc1cc(C)nc2c1nc(C(F)F)n2PI. The van der Waals surface area contributed by atoms with E-state index < -0.39 is 6.43 Å². The molecule has 0 spiro atoms. The van der Waals surface area contributed by atoms with Crippen LogP contribution in [0.3, 0.4) is 0 Å². The molecule has 10 heteroatoms. The number of imidazole rings is 1. The Morgan fingerprint density at radius 2 is 2.13 bits per heavy atom. The van der Waals surface area contributed by atoms with E-state index in [0.717, 1.165) is 42.3 Å². The fourth-order valence-corrected chi connectivity index (χ4v) is 6.22. The summed E-state index contributed by atoms with van der Waals surface area (Å²) in [6.07, 6.45) is 1.71. The van der Waals surface area contributed by atoms with Crippen molar-refractivity contribution in [3.8, 4) is 0 Å². The van der Waals surface area contributed by atoms with Crippen LogP contribution < -0.4 is 5.32 Å². The summed E-state index contributed by atoms with van der Waals surface area (Å²) in [5.41, 5.74) is 4.61. The molecule has 160 valence electrons. The van der Waals surface area contributed by atoms with E-state index in [-0.39, 0.29) is 12.2 Å². The number of halogens is 3. The Kier molecular flexibility index (Phi) is 7.12. The molecule has 4 rings (SSSR count).